The molecule has 1 aliphatic rings. The zero-order chi connectivity index (χ0) is 14.1. The van der Waals surface area contributed by atoms with Crippen LogP contribution < -0.4 is 5.32 Å². The van der Waals surface area contributed by atoms with Crippen LogP contribution in [-0.2, 0) is 14.3 Å². The molecule has 0 heterocycles. The van der Waals surface area contributed by atoms with Gasteiger partial charge >= 0.3 is 5.97 Å². The SMILES string of the molecule is CCCCCOC(=O)C(C)NC(=O)C1CCCCC1. The predicted molar refractivity (Wildman–Crippen MR) is 74.7 cm³/mol. The van der Waals surface area contributed by atoms with Crippen molar-refractivity contribution in [3.8, 4) is 0 Å². The van der Waals surface area contributed by atoms with E-state index in [0.717, 1.165) is 44.9 Å². The lowest BCUT2D eigenvalue weighted by atomic mass is 9.88. The van der Waals surface area contributed by atoms with Gasteiger partial charge < -0.3 is 10.1 Å². The molecule has 1 rings (SSSR count). The van der Waals surface area contributed by atoms with Crippen molar-refractivity contribution in [2.75, 3.05) is 6.61 Å². The first-order valence-electron chi connectivity index (χ1n) is 7.62. The number of hydrogen-bond donors (Lipinski definition) is 1. The lowest BCUT2D eigenvalue weighted by Crippen LogP contribution is -2.43. The number of rotatable bonds is 7. The van der Waals surface area contributed by atoms with Gasteiger partial charge in [0, 0.05) is 5.92 Å². The van der Waals surface area contributed by atoms with Gasteiger partial charge in [-0.1, -0.05) is 39.0 Å². The zero-order valence-electron chi connectivity index (χ0n) is 12.2. The minimum Gasteiger partial charge on any atom is -0.464 e. The van der Waals surface area contributed by atoms with Gasteiger partial charge in [0.1, 0.15) is 6.04 Å². The molecule has 1 saturated carbocycles. The predicted octanol–water partition coefficient (Wildman–Crippen LogP) is 2.80. The van der Waals surface area contributed by atoms with Crippen molar-refractivity contribution >= 4 is 11.9 Å². The van der Waals surface area contributed by atoms with Gasteiger partial charge in [-0.3, -0.25) is 4.79 Å². The summed E-state index contributed by atoms with van der Waals surface area (Å²) in [7, 11) is 0. The van der Waals surface area contributed by atoms with Gasteiger partial charge in [-0.05, 0) is 26.2 Å². The third kappa shape index (κ3) is 6.08. The Morgan fingerprint density at radius 2 is 1.89 bits per heavy atom. The van der Waals surface area contributed by atoms with Crippen molar-refractivity contribution in [3.05, 3.63) is 0 Å². The smallest absolute Gasteiger partial charge is 0.328 e. The molecule has 4 heteroatoms. The minimum atomic E-state index is -0.531. The van der Waals surface area contributed by atoms with E-state index in [4.69, 9.17) is 4.74 Å². The van der Waals surface area contributed by atoms with Gasteiger partial charge in [-0.15, -0.1) is 0 Å². The van der Waals surface area contributed by atoms with E-state index >= 15 is 0 Å². The summed E-state index contributed by atoms with van der Waals surface area (Å²) in [4.78, 5) is 23.7. The van der Waals surface area contributed by atoms with Crippen LogP contribution in [0.4, 0.5) is 0 Å². The topological polar surface area (TPSA) is 55.4 Å². The molecule has 1 unspecified atom stereocenters. The van der Waals surface area contributed by atoms with Crippen molar-refractivity contribution in [2.45, 2.75) is 71.3 Å². The lowest BCUT2D eigenvalue weighted by molar-refractivity contribution is -0.148. The Kier molecular flexibility index (Phi) is 7.53. The molecule has 0 saturated heterocycles. The number of esters is 1. The molecule has 0 aromatic rings. The molecule has 1 amide bonds. The fourth-order valence-electron chi connectivity index (χ4n) is 2.40. The van der Waals surface area contributed by atoms with E-state index in [2.05, 4.69) is 12.2 Å². The second-order valence-corrected chi connectivity index (χ2v) is 5.44. The molecule has 4 nitrogen and oxygen atoms in total. The maximum Gasteiger partial charge on any atom is 0.328 e. The number of unbranched alkanes of at least 4 members (excludes halogenated alkanes) is 2. The molecule has 1 fully saturated rings. The molecular weight excluding hydrogens is 242 g/mol. The van der Waals surface area contributed by atoms with Crippen LogP contribution in [0.1, 0.15) is 65.2 Å². The van der Waals surface area contributed by atoms with Gasteiger partial charge in [-0.2, -0.15) is 0 Å². The first kappa shape index (κ1) is 16.0. The van der Waals surface area contributed by atoms with Gasteiger partial charge in [0.15, 0.2) is 0 Å². The van der Waals surface area contributed by atoms with Crippen molar-refractivity contribution < 1.29 is 14.3 Å². The monoisotopic (exact) mass is 269 g/mol. The number of carbonyl (C=O) groups excluding carboxylic acids is 2. The average molecular weight is 269 g/mol. The van der Waals surface area contributed by atoms with E-state index < -0.39 is 6.04 Å². The molecule has 0 aromatic carbocycles. The van der Waals surface area contributed by atoms with Crippen molar-refractivity contribution in [1.29, 1.82) is 0 Å². The van der Waals surface area contributed by atoms with E-state index in [1.165, 1.54) is 6.42 Å². The van der Waals surface area contributed by atoms with Gasteiger partial charge in [0.25, 0.3) is 0 Å². The Bertz CT molecular complexity index is 285. The molecule has 1 N–H and O–H groups in total. The first-order chi connectivity index (χ1) is 9.15. The van der Waals surface area contributed by atoms with Gasteiger partial charge in [-0.25, -0.2) is 4.79 Å². The van der Waals surface area contributed by atoms with E-state index in [-0.39, 0.29) is 17.8 Å². The summed E-state index contributed by atoms with van der Waals surface area (Å²) in [6.07, 6.45) is 8.42. The van der Waals surface area contributed by atoms with E-state index in [1.807, 2.05) is 0 Å². The summed E-state index contributed by atoms with van der Waals surface area (Å²) in [6, 6.07) is -0.531. The van der Waals surface area contributed by atoms with E-state index in [0.29, 0.717) is 6.61 Å². The normalized spacial score (nSPS) is 17.8. The summed E-state index contributed by atoms with van der Waals surface area (Å²) >= 11 is 0. The highest BCUT2D eigenvalue weighted by molar-refractivity contribution is 5.85. The average Bonchev–Trinajstić information content (AvgIpc) is 2.44. The van der Waals surface area contributed by atoms with Crippen molar-refractivity contribution in [2.24, 2.45) is 5.92 Å². The highest BCUT2D eigenvalue weighted by Gasteiger charge is 2.24. The second kappa shape index (κ2) is 8.94. The highest BCUT2D eigenvalue weighted by Crippen LogP contribution is 2.23. The Hall–Kier alpha value is -1.06. The van der Waals surface area contributed by atoms with E-state index in [1.54, 1.807) is 6.92 Å². The molecule has 0 aliphatic heterocycles. The number of amides is 1. The summed E-state index contributed by atoms with van der Waals surface area (Å²) < 4.78 is 5.14. The molecular formula is C15H27NO3. The summed E-state index contributed by atoms with van der Waals surface area (Å²) in [5.41, 5.74) is 0. The Morgan fingerprint density at radius 1 is 1.21 bits per heavy atom. The van der Waals surface area contributed by atoms with Crippen LogP contribution in [0.2, 0.25) is 0 Å². The number of nitrogens with one attached hydrogen (secondary N) is 1. The Balaban J connectivity index is 2.22. The zero-order valence-corrected chi connectivity index (χ0v) is 12.2. The van der Waals surface area contributed by atoms with E-state index in [9.17, 15) is 9.59 Å². The van der Waals surface area contributed by atoms with Gasteiger partial charge in [0.2, 0.25) is 5.91 Å². The Labute approximate surface area is 116 Å². The molecule has 1 aliphatic carbocycles. The first-order valence-corrected chi connectivity index (χ1v) is 7.62. The van der Waals surface area contributed by atoms with Crippen molar-refractivity contribution in [3.63, 3.8) is 0 Å². The number of ether oxygens (including phenoxy) is 1. The third-order valence-corrected chi connectivity index (χ3v) is 3.68. The van der Waals surface area contributed by atoms with Crippen LogP contribution >= 0.6 is 0 Å². The molecule has 19 heavy (non-hydrogen) atoms. The fraction of sp³-hybridized carbons (Fsp3) is 0.867. The maximum atomic E-state index is 12.0. The van der Waals surface area contributed by atoms with Gasteiger partial charge in [0.05, 0.1) is 6.61 Å². The minimum absolute atomic E-state index is 0.0118. The highest BCUT2D eigenvalue weighted by atomic mass is 16.5. The summed E-state index contributed by atoms with van der Waals surface area (Å²) in [5, 5.41) is 2.78. The fourth-order valence-corrected chi connectivity index (χ4v) is 2.40. The molecule has 1 atom stereocenters. The van der Waals surface area contributed by atoms with Crippen molar-refractivity contribution in [1.82, 2.24) is 5.32 Å². The molecule has 0 bridgehead atoms. The Morgan fingerprint density at radius 3 is 2.53 bits per heavy atom. The standard InChI is InChI=1S/C15H27NO3/c1-3-4-8-11-19-15(18)12(2)16-14(17)13-9-6-5-7-10-13/h12-13H,3-11H2,1-2H3,(H,16,17). The maximum absolute atomic E-state index is 12.0. The third-order valence-electron chi connectivity index (χ3n) is 3.68. The number of hydrogen-bond acceptors (Lipinski definition) is 3. The van der Waals surface area contributed by atoms with Crippen LogP contribution in [0.25, 0.3) is 0 Å². The molecule has 0 aromatic heterocycles. The quantitative estimate of drug-likeness (QED) is 0.571. The number of carbonyl (C=O) groups is 2. The van der Waals surface area contributed by atoms with Crippen LogP contribution in [0.3, 0.4) is 0 Å². The lowest BCUT2D eigenvalue weighted by Gasteiger charge is -2.22. The largest absolute Gasteiger partial charge is 0.464 e. The van der Waals surface area contributed by atoms with Crippen LogP contribution in [-0.4, -0.2) is 24.5 Å². The van der Waals surface area contributed by atoms with Crippen LogP contribution in [0, 0.1) is 5.92 Å². The summed E-state index contributed by atoms with van der Waals surface area (Å²) in [5.74, 6) is -0.220. The molecule has 0 radical (unpaired) electrons. The summed E-state index contributed by atoms with van der Waals surface area (Å²) in [6.45, 7) is 4.26. The molecule has 110 valence electrons. The second-order valence-electron chi connectivity index (χ2n) is 5.44. The van der Waals surface area contributed by atoms with Crippen LogP contribution in [0.15, 0.2) is 0 Å². The van der Waals surface area contributed by atoms with Crippen LogP contribution in [0.5, 0.6) is 0 Å². The molecule has 0 spiro atoms.